The predicted molar refractivity (Wildman–Crippen MR) is 260 cm³/mol. The summed E-state index contributed by atoms with van der Waals surface area (Å²) in [5, 5.41) is 18.0. The number of piperidine rings is 1. The molecule has 5 aliphatic rings. The van der Waals surface area contributed by atoms with Crippen LogP contribution in [0.5, 0.6) is 0 Å². The Balaban J connectivity index is 0.705. The van der Waals surface area contributed by atoms with Gasteiger partial charge in [-0.3, -0.25) is 49.1 Å². The maximum Gasteiger partial charge on any atom is 0.264 e. The van der Waals surface area contributed by atoms with E-state index in [0.717, 1.165) is 24.2 Å². The molecule has 4 aromatic carbocycles. The molecule has 6 N–H and O–H groups in total. The van der Waals surface area contributed by atoms with E-state index in [2.05, 4.69) is 31.9 Å². The van der Waals surface area contributed by atoms with Gasteiger partial charge in [0.05, 0.1) is 61.8 Å². The van der Waals surface area contributed by atoms with Crippen molar-refractivity contribution in [1.82, 2.24) is 20.9 Å². The van der Waals surface area contributed by atoms with Gasteiger partial charge in [0.1, 0.15) is 17.3 Å². The van der Waals surface area contributed by atoms with Crippen molar-refractivity contribution in [3.05, 3.63) is 123 Å². The molecule has 20 heteroatoms. The largest absolute Gasteiger partial charge is 0.382 e. The first-order chi connectivity index (χ1) is 34.3. The molecule has 3 fully saturated rings. The molecule has 71 heavy (non-hydrogen) atoms. The van der Waals surface area contributed by atoms with E-state index in [-0.39, 0.29) is 72.7 Å². The molecule has 17 nitrogen and oxygen atoms in total. The maximum absolute atomic E-state index is 16.2. The topological polar surface area (TPSA) is 223 Å². The highest BCUT2D eigenvalue weighted by Gasteiger charge is 2.72. The van der Waals surface area contributed by atoms with Gasteiger partial charge < -0.3 is 35.5 Å². The third-order valence-corrected chi connectivity index (χ3v) is 14.6. The second-order valence-electron chi connectivity index (χ2n) is 18.1. The van der Waals surface area contributed by atoms with Crippen molar-refractivity contribution in [2.24, 2.45) is 0 Å². The highest BCUT2D eigenvalue weighted by atomic mass is 35.5. The summed E-state index contributed by atoms with van der Waals surface area (Å²) in [7, 11) is 0. The molecular formula is C51H52Cl2FN7O10. The monoisotopic (exact) mass is 1010 g/mol. The molecule has 7 amide bonds. The van der Waals surface area contributed by atoms with Crippen molar-refractivity contribution in [1.29, 1.82) is 0 Å². The third-order valence-electron chi connectivity index (χ3n) is 14.0. The fourth-order valence-corrected chi connectivity index (χ4v) is 11.3. The minimum Gasteiger partial charge on any atom is -0.382 e. The van der Waals surface area contributed by atoms with E-state index in [9.17, 15) is 33.6 Å². The van der Waals surface area contributed by atoms with Gasteiger partial charge in [-0.2, -0.15) is 0 Å². The highest BCUT2D eigenvalue weighted by Crippen LogP contribution is 2.63. The fraction of sp³-hybridized carbons (Fsp3) is 0.392. The van der Waals surface area contributed by atoms with Gasteiger partial charge in [0.25, 0.3) is 17.7 Å². The van der Waals surface area contributed by atoms with E-state index in [1.807, 2.05) is 0 Å². The van der Waals surface area contributed by atoms with Crippen LogP contribution in [0.25, 0.3) is 0 Å². The molecule has 4 aliphatic heterocycles. The number of benzene rings is 4. The molecule has 0 radical (unpaired) electrons. The number of halogens is 3. The summed E-state index contributed by atoms with van der Waals surface area (Å²) in [6, 6.07) is 19.0. The summed E-state index contributed by atoms with van der Waals surface area (Å²) >= 11 is 12.8. The zero-order chi connectivity index (χ0) is 49.9. The molecule has 4 aromatic rings. The van der Waals surface area contributed by atoms with Crippen LogP contribution in [0.1, 0.15) is 93.1 Å². The molecule has 0 aromatic heterocycles. The summed E-state index contributed by atoms with van der Waals surface area (Å²) in [4.78, 5) is 93.3. The summed E-state index contributed by atoms with van der Waals surface area (Å²) in [6.45, 7) is 2.23. The number of nitrogens with one attached hydrogen (secondary N) is 6. The van der Waals surface area contributed by atoms with Gasteiger partial charge in [0.2, 0.25) is 23.6 Å². The second kappa shape index (κ2) is 21.2. The van der Waals surface area contributed by atoms with Gasteiger partial charge in [0.15, 0.2) is 0 Å². The minimum absolute atomic E-state index is 0.0376. The first kappa shape index (κ1) is 49.7. The number of amides is 7. The number of nitrogens with zero attached hydrogens (tertiary/aromatic N) is 1. The number of hydrogen-bond acceptors (Lipinski definition) is 12. The van der Waals surface area contributed by atoms with Crippen molar-refractivity contribution in [3.8, 4) is 0 Å². The summed E-state index contributed by atoms with van der Waals surface area (Å²) < 4.78 is 33.0. The van der Waals surface area contributed by atoms with Crippen molar-refractivity contribution >= 4 is 81.6 Å². The number of ether oxygens (including phenoxy) is 3. The van der Waals surface area contributed by atoms with Crippen molar-refractivity contribution in [2.45, 2.75) is 73.9 Å². The van der Waals surface area contributed by atoms with Crippen LogP contribution in [0, 0.1) is 5.82 Å². The lowest BCUT2D eigenvalue weighted by molar-refractivity contribution is -0.136. The Kier molecular flexibility index (Phi) is 14.8. The Labute approximate surface area is 418 Å². The van der Waals surface area contributed by atoms with Crippen LogP contribution in [-0.4, -0.2) is 117 Å². The molecule has 2 spiro atoms. The minimum atomic E-state index is -1.37. The molecule has 1 saturated carbocycles. The Morgan fingerprint density at radius 1 is 0.789 bits per heavy atom. The lowest BCUT2D eigenvalue weighted by Gasteiger charge is -2.47. The second-order valence-corrected chi connectivity index (χ2v) is 18.9. The summed E-state index contributed by atoms with van der Waals surface area (Å²) in [6.07, 6.45) is 3.85. The lowest BCUT2D eigenvalue weighted by atomic mass is 9.55. The first-order valence-electron chi connectivity index (χ1n) is 23.7. The van der Waals surface area contributed by atoms with E-state index < -0.39 is 64.3 Å². The Hall–Kier alpha value is -6.28. The smallest absolute Gasteiger partial charge is 0.264 e. The summed E-state index contributed by atoms with van der Waals surface area (Å²) in [5.41, 5.74) is 0.625. The Morgan fingerprint density at radius 3 is 2.23 bits per heavy atom. The van der Waals surface area contributed by atoms with Gasteiger partial charge in [-0.15, -0.1) is 0 Å². The van der Waals surface area contributed by atoms with Crippen LogP contribution in [-0.2, 0) is 38.8 Å². The van der Waals surface area contributed by atoms with Crippen molar-refractivity contribution < 1.29 is 52.2 Å². The molecule has 9 rings (SSSR count). The molecule has 4 atom stereocenters. The van der Waals surface area contributed by atoms with E-state index >= 15 is 4.39 Å². The number of carbonyl (C=O) groups excluding carboxylic acids is 7. The maximum atomic E-state index is 16.2. The van der Waals surface area contributed by atoms with E-state index in [0.29, 0.717) is 72.4 Å². The Bertz CT molecular complexity index is 2770. The summed E-state index contributed by atoms with van der Waals surface area (Å²) in [5.74, 6) is -5.12. The molecule has 1 unspecified atom stereocenters. The van der Waals surface area contributed by atoms with Crippen LogP contribution in [0.3, 0.4) is 0 Å². The van der Waals surface area contributed by atoms with Gasteiger partial charge >= 0.3 is 0 Å². The van der Waals surface area contributed by atoms with E-state index in [1.54, 1.807) is 66.7 Å². The zero-order valence-electron chi connectivity index (χ0n) is 38.5. The highest BCUT2D eigenvalue weighted by molar-refractivity contribution is 6.31. The third kappa shape index (κ3) is 9.52. The number of imide groups is 2. The predicted octanol–water partition coefficient (Wildman–Crippen LogP) is 5.71. The number of anilines is 3. The number of hydrogen-bond donors (Lipinski definition) is 6. The molecule has 1 aliphatic carbocycles. The fourth-order valence-electron chi connectivity index (χ4n) is 10.9. The van der Waals surface area contributed by atoms with Crippen LogP contribution in [0.15, 0.2) is 78.9 Å². The first-order valence-corrected chi connectivity index (χ1v) is 24.4. The van der Waals surface area contributed by atoms with Gasteiger partial charge in [-0.05, 0) is 85.0 Å². The van der Waals surface area contributed by atoms with Crippen molar-refractivity contribution in [2.75, 3.05) is 68.7 Å². The van der Waals surface area contributed by atoms with Gasteiger partial charge in [0, 0.05) is 58.6 Å². The van der Waals surface area contributed by atoms with Gasteiger partial charge in [-0.1, -0.05) is 66.7 Å². The lowest BCUT2D eigenvalue weighted by Crippen LogP contribution is -2.60. The molecule has 372 valence electrons. The number of fused-ring (bicyclic) bond motifs is 4. The average Bonchev–Trinajstić information content (AvgIpc) is 3.91. The van der Waals surface area contributed by atoms with Crippen LogP contribution < -0.4 is 31.9 Å². The molecule has 2 saturated heterocycles. The molecule has 0 bridgehead atoms. The number of carbonyl (C=O) groups is 7. The molecule has 4 heterocycles. The van der Waals surface area contributed by atoms with E-state index in [1.165, 1.54) is 12.1 Å². The van der Waals surface area contributed by atoms with Gasteiger partial charge in [-0.25, -0.2) is 4.39 Å². The molecular weight excluding hydrogens is 961 g/mol. The Morgan fingerprint density at radius 2 is 1.49 bits per heavy atom. The van der Waals surface area contributed by atoms with E-state index in [4.69, 9.17) is 37.4 Å². The normalized spacial score (nSPS) is 22.1. The zero-order valence-corrected chi connectivity index (χ0v) is 40.0. The quantitative estimate of drug-likeness (QED) is 0.0521. The van der Waals surface area contributed by atoms with Crippen LogP contribution in [0.2, 0.25) is 10.0 Å². The standard InChI is InChI=1S/C51H52Cl2FN7O10/c52-30-12-15-34-37(28-30)58-49(68)51(34)41(33-7-4-8-35(53)42(33)54)43(60-50(51)18-2-1-3-19-50)46(65)57-31-13-10-29(11-14-31)44(63)56-21-23-70-25-27-71-26-24-69-22-20-55-36-9-5-6-32-40(36)48(67)61(47(32)66)38-16-17-39(62)59-45(38)64/h4-15,28,38,41,43,55,60H,1-3,16-27H2,(H,56,63)(H,57,65)(H,58,68)(H,59,62,64)/t38?,41-,43+,51+/m0/s1. The SMILES string of the molecule is O=C1CCC(N2C(=O)c3cccc(NCCOCCOCCOCCNC(=O)c4ccc(NC(=O)[C@@H]5NC6(CCCCC6)[C@@]6(C(=O)Nc7cc(Cl)ccc76)[C@H]5c5cccc(Cl)c5F)cc4)c3C2=O)C(=O)N1. The average molecular weight is 1010 g/mol. The number of rotatable bonds is 18. The van der Waals surface area contributed by atoms with Crippen LogP contribution in [0.4, 0.5) is 21.5 Å². The van der Waals surface area contributed by atoms with Crippen molar-refractivity contribution in [3.63, 3.8) is 0 Å². The van der Waals surface area contributed by atoms with Crippen LogP contribution >= 0.6 is 23.2 Å².